The fourth-order valence-corrected chi connectivity index (χ4v) is 3.81. The number of rotatable bonds is 8. The first-order valence-corrected chi connectivity index (χ1v) is 10.2. The minimum atomic E-state index is -0.944. The van der Waals surface area contributed by atoms with Gasteiger partial charge in [-0.05, 0) is 42.2 Å². The summed E-state index contributed by atoms with van der Waals surface area (Å²) >= 11 is 0. The topological polar surface area (TPSA) is 70.6 Å². The number of aryl methyl sites for hydroxylation is 1. The summed E-state index contributed by atoms with van der Waals surface area (Å²) in [6.45, 7) is 4.22. The van der Waals surface area contributed by atoms with Gasteiger partial charge in [0, 0.05) is 37.6 Å². The largest absolute Gasteiger partial charge is 0.493 e. The number of carbonyl (C=O) groups is 1. The molecule has 0 bridgehead atoms. The van der Waals surface area contributed by atoms with Crippen LogP contribution < -0.4 is 15.4 Å². The van der Waals surface area contributed by atoms with Crippen LogP contribution in [0.5, 0.6) is 5.75 Å². The molecular weight excluding hydrogens is 390 g/mol. The molecule has 1 amide bonds. The van der Waals surface area contributed by atoms with Crippen LogP contribution in [-0.2, 0) is 17.6 Å². The van der Waals surface area contributed by atoms with E-state index in [1.54, 1.807) is 0 Å². The van der Waals surface area contributed by atoms with Gasteiger partial charge in [0.1, 0.15) is 17.4 Å². The number of aliphatic hydroxyl groups excluding tert-OH is 1. The van der Waals surface area contributed by atoms with E-state index < -0.39 is 23.8 Å². The monoisotopic (exact) mass is 418 g/mol. The molecule has 5 nitrogen and oxygen atoms in total. The highest BCUT2D eigenvalue weighted by atomic mass is 19.1. The fourth-order valence-electron chi connectivity index (χ4n) is 3.81. The van der Waals surface area contributed by atoms with E-state index in [1.807, 2.05) is 12.1 Å². The Hall–Kier alpha value is -2.51. The van der Waals surface area contributed by atoms with Crippen molar-refractivity contribution in [2.24, 2.45) is 0 Å². The highest BCUT2D eigenvalue weighted by molar-refractivity contribution is 5.73. The minimum absolute atomic E-state index is 0.0134. The summed E-state index contributed by atoms with van der Waals surface area (Å²) in [6.07, 6.45) is 0.840. The lowest BCUT2D eigenvalue weighted by Crippen LogP contribution is -2.48. The molecule has 0 saturated carbocycles. The van der Waals surface area contributed by atoms with Crippen LogP contribution in [0.3, 0.4) is 0 Å². The molecule has 0 radical (unpaired) electrons. The number of halogens is 2. The Morgan fingerprint density at radius 2 is 1.93 bits per heavy atom. The first-order valence-electron chi connectivity index (χ1n) is 10.2. The lowest BCUT2D eigenvalue weighted by molar-refractivity contribution is -0.120. The van der Waals surface area contributed by atoms with Crippen LogP contribution in [0.25, 0.3) is 0 Å². The Labute approximate surface area is 175 Å². The van der Waals surface area contributed by atoms with Gasteiger partial charge in [0.15, 0.2) is 0 Å². The van der Waals surface area contributed by atoms with E-state index in [0.717, 1.165) is 30.2 Å². The van der Waals surface area contributed by atoms with E-state index in [4.69, 9.17) is 4.74 Å². The molecule has 3 rings (SSSR count). The van der Waals surface area contributed by atoms with Crippen molar-refractivity contribution >= 4 is 5.91 Å². The van der Waals surface area contributed by atoms with Gasteiger partial charge in [-0.15, -0.1) is 0 Å². The smallest absolute Gasteiger partial charge is 0.217 e. The van der Waals surface area contributed by atoms with Crippen molar-refractivity contribution in [2.45, 2.75) is 51.3 Å². The standard InChI is InChI=1S/C23H28F2N2O3/c1-3-15-4-5-23-19(10-15)20(6-7-30-23)26-13-22(29)21(27-14(2)28)11-16-8-17(24)12-18(25)9-16/h4-5,8-10,12,20-22,26,29H,3,6-7,11,13H2,1-2H3,(H,27,28)/t20?,21-,22+/m0/s1. The zero-order valence-corrected chi connectivity index (χ0v) is 17.3. The first-order chi connectivity index (χ1) is 14.4. The Kier molecular flexibility index (Phi) is 7.39. The maximum absolute atomic E-state index is 13.5. The molecular formula is C23H28F2N2O3. The average Bonchev–Trinajstić information content (AvgIpc) is 2.70. The maximum atomic E-state index is 13.5. The second-order valence-electron chi connectivity index (χ2n) is 7.68. The van der Waals surface area contributed by atoms with Gasteiger partial charge < -0.3 is 20.5 Å². The molecule has 3 N–H and O–H groups in total. The van der Waals surface area contributed by atoms with Crippen LogP contribution >= 0.6 is 0 Å². The average molecular weight is 418 g/mol. The molecule has 162 valence electrons. The van der Waals surface area contributed by atoms with Gasteiger partial charge in [0.2, 0.25) is 5.91 Å². The second kappa shape index (κ2) is 10.00. The zero-order valence-electron chi connectivity index (χ0n) is 17.3. The Balaban J connectivity index is 1.69. The van der Waals surface area contributed by atoms with Gasteiger partial charge in [-0.1, -0.05) is 19.1 Å². The van der Waals surface area contributed by atoms with E-state index >= 15 is 0 Å². The number of nitrogens with one attached hydrogen (secondary N) is 2. The number of benzene rings is 2. The van der Waals surface area contributed by atoms with Crippen molar-refractivity contribution in [1.29, 1.82) is 0 Å². The molecule has 0 fully saturated rings. The number of aliphatic hydroxyl groups is 1. The number of hydrogen-bond acceptors (Lipinski definition) is 4. The first kappa shape index (κ1) is 22.2. The molecule has 0 aliphatic carbocycles. The van der Waals surface area contributed by atoms with E-state index in [1.165, 1.54) is 24.6 Å². The van der Waals surface area contributed by atoms with E-state index in [0.29, 0.717) is 12.2 Å². The summed E-state index contributed by atoms with van der Waals surface area (Å²) in [5.74, 6) is -0.867. The minimum Gasteiger partial charge on any atom is -0.493 e. The van der Waals surface area contributed by atoms with Crippen LogP contribution in [0.15, 0.2) is 36.4 Å². The summed E-state index contributed by atoms with van der Waals surface area (Å²) in [7, 11) is 0. The van der Waals surface area contributed by atoms with E-state index in [9.17, 15) is 18.7 Å². The Morgan fingerprint density at radius 3 is 2.60 bits per heavy atom. The third-order valence-electron chi connectivity index (χ3n) is 5.33. The normalized spacial score (nSPS) is 17.6. The van der Waals surface area contributed by atoms with Crippen LogP contribution in [0.1, 0.15) is 43.0 Å². The van der Waals surface area contributed by atoms with Crippen molar-refractivity contribution in [2.75, 3.05) is 13.2 Å². The van der Waals surface area contributed by atoms with Gasteiger partial charge in [0.25, 0.3) is 0 Å². The number of amides is 1. The Bertz CT molecular complexity index is 870. The van der Waals surface area contributed by atoms with E-state index in [-0.39, 0.29) is 24.9 Å². The fraction of sp³-hybridized carbons (Fsp3) is 0.435. The molecule has 0 saturated heterocycles. The van der Waals surface area contributed by atoms with Gasteiger partial charge in [-0.2, -0.15) is 0 Å². The summed E-state index contributed by atoms with van der Waals surface area (Å²) in [5, 5.41) is 16.8. The third kappa shape index (κ3) is 5.77. The number of carbonyl (C=O) groups excluding carboxylic acids is 1. The molecule has 1 heterocycles. The van der Waals surface area contributed by atoms with Crippen LogP contribution in [0, 0.1) is 11.6 Å². The Morgan fingerprint density at radius 1 is 1.20 bits per heavy atom. The predicted molar refractivity (Wildman–Crippen MR) is 110 cm³/mol. The lowest BCUT2D eigenvalue weighted by Gasteiger charge is -2.30. The molecule has 1 aliphatic rings. The summed E-state index contributed by atoms with van der Waals surface area (Å²) in [5.41, 5.74) is 2.63. The van der Waals surface area contributed by atoms with Gasteiger partial charge in [-0.3, -0.25) is 4.79 Å². The van der Waals surface area contributed by atoms with Gasteiger partial charge in [0.05, 0.1) is 18.8 Å². The SMILES string of the molecule is CCc1ccc2c(c1)C(NC[C@@H](O)[C@H](Cc1cc(F)cc(F)c1)NC(C)=O)CCO2. The predicted octanol–water partition coefficient (Wildman–Crippen LogP) is 3.05. The van der Waals surface area contributed by atoms with Gasteiger partial charge in [-0.25, -0.2) is 8.78 Å². The van der Waals surface area contributed by atoms with Crippen molar-refractivity contribution in [3.63, 3.8) is 0 Å². The molecule has 2 aromatic carbocycles. The lowest BCUT2D eigenvalue weighted by atomic mass is 9.96. The molecule has 1 aliphatic heterocycles. The van der Waals surface area contributed by atoms with Crippen molar-refractivity contribution in [3.8, 4) is 5.75 Å². The van der Waals surface area contributed by atoms with Crippen molar-refractivity contribution in [1.82, 2.24) is 10.6 Å². The molecule has 1 unspecified atom stereocenters. The summed E-state index contributed by atoms with van der Waals surface area (Å²) in [4.78, 5) is 11.6. The molecule has 0 aromatic heterocycles. The molecule has 7 heteroatoms. The molecule has 2 aromatic rings. The van der Waals surface area contributed by atoms with Crippen LogP contribution in [0.4, 0.5) is 8.78 Å². The highest BCUT2D eigenvalue weighted by Gasteiger charge is 2.25. The van der Waals surface area contributed by atoms with E-state index in [2.05, 4.69) is 23.6 Å². The van der Waals surface area contributed by atoms with Crippen LogP contribution in [0.2, 0.25) is 0 Å². The number of hydrogen-bond donors (Lipinski definition) is 3. The highest BCUT2D eigenvalue weighted by Crippen LogP contribution is 2.33. The number of ether oxygens (including phenoxy) is 1. The number of fused-ring (bicyclic) bond motifs is 1. The zero-order chi connectivity index (χ0) is 21.7. The van der Waals surface area contributed by atoms with Gasteiger partial charge >= 0.3 is 0 Å². The molecule has 30 heavy (non-hydrogen) atoms. The van der Waals surface area contributed by atoms with Crippen molar-refractivity contribution < 1.29 is 23.4 Å². The summed E-state index contributed by atoms with van der Waals surface area (Å²) in [6, 6.07) is 8.66. The quantitative estimate of drug-likeness (QED) is 0.616. The summed E-state index contributed by atoms with van der Waals surface area (Å²) < 4.78 is 32.8. The molecule has 0 spiro atoms. The molecule has 3 atom stereocenters. The second-order valence-corrected chi connectivity index (χ2v) is 7.68. The van der Waals surface area contributed by atoms with Crippen molar-refractivity contribution in [3.05, 3.63) is 64.7 Å². The third-order valence-corrected chi connectivity index (χ3v) is 5.33. The van der Waals surface area contributed by atoms with Crippen LogP contribution in [-0.4, -0.2) is 36.3 Å². The maximum Gasteiger partial charge on any atom is 0.217 e.